The van der Waals surface area contributed by atoms with E-state index in [1.807, 2.05) is 11.9 Å². The minimum atomic E-state index is 0.0989. The molecule has 1 aliphatic heterocycles. The van der Waals surface area contributed by atoms with Gasteiger partial charge in [-0.15, -0.1) is 0 Å². The third kappa shape index (κ3) is 2.99. The van der Waals surface area contributed by atoms with Crippen molar-refractivity contribution in [1.82, 2.24) is 10.2 Å². The first-order chi connectivity index (χ1) is 6.25. The first kappa shape index (κ1) is 10.5. The van der Waals surface area contributed by atoms with E-state index < -0.39 is 0 Å². The van der Waals surface area contributed by atoms with Gasteiger partial charge in [-0.1, -0.05) is 13.3 Å². The minimum absolute atomic E-state index is 0.0989. The summed E-state index contributed by atoms with van der Waals surface area (Å²) in [4.78, 5) is 13.6. The van der Waals surface area contributed by atoms with Crippen molar-refractivity contribution in [2.75, 3.05) is 20.1 Å². The second-order valence-electron chi connectivity index (χ2n) is 3.76. The molecule has 1 saturated heterocycles. The van der Waals surface area contributed by atoms with E-state index in [0.717, 1.165) is 38.8 Å². The highest BCUT2D eigenvalue weighted by molar-refractivity contribution is 5.81. The van der Waals surface area contributed by atoms with Gasteiger partial charge < -0.3 is 10.2 Å². The zero-order valence-corrected chi connectivity index (χ0v) is 8.68. The fourth-order valence-corrected chi connectivity index (χ4v) is 1.67. The summed E-state index contributed by atoms with van der Waals surface area (Å²) in [5.41, 5.74) is 0. The van der Waals surface area contributed by atoms with Crippen molar-refractivity contribution in [3.8, 4) is 0 Å². The van der Waals surface area contributed by atoms with E-state index in [2.05, 4.69) is 12.2 Å². The molecule has 1 rings (SSSR count). The molecule has 1 fully saturated rings. The third-order valence-corrected chi connectivity index (χ3v) is 2.58. The van der Waals surface area contributed by atoms with Gasteiger partial charge in [0.05, 0.1) is 6.04 Å². The van der Waals surface area contributed by atoms with E-state index in [1.165, 1.54) is 0 Å². The van der Waals surface area contributed by atoms with E-state index in [4.69, 9.17) is 0 Å². The predicted molar refractivity (Wildman–Crippen MR) is 53.6 cm³/mol. The van der Waals surface area contributed by atoms with Crippen LogP contribution in [0.3, 0.4) is 0 Å². The highest BCUT2D eigenvalue weighted by Gasteiger charge is 2.24. The number of amides is 1. The van der Waals surface area contributed by atoms with Gasteiger partial charge in [0.2, 0.25) is 5.91 Å². The Balaban J connectivity index is 2.28. The standard InChI is InChI=1S/C10H20N2O/c1-3-4-8-12(2)10(13)9-6-5-7-11-9/h9,11H,3-8H2,1-2H3/t9-/m1/s1. The van der Waals surface area contributed by atoms with Gasteiger partial charge in [0.15, 0.2) is 0 Å². The molecular formula is C10H20N2O. The summed E-state index contributed by atoms with van der Waals surface area (Å²) in [6.45, 7) is 4.04. The highest BCUT2D eigenvalue weighted by Crippen LogP contribution is 2.07. The summed E-state index contributed by atoms with van der Waals surface area (Å²) in [7, 11) is 1.90. The number of carbonyl (C=O) groups is 1. The number of carbonyl (C=O) groups excluding carboxylic acids is 1. The Bertz CT molecular complexity index is 164. The molecule has 76 valence electrons. The molecule has 13 heavy (non-hydrogen) atoms. The number of likely N-dealkylation sites (N-methyl/N-ethyl adjacent to an activating group) is 1. The van der Waals surface area contributed by atoms with E-state index in [1.54, 1.807) is 0 Å². The monoisotopic (exact) mass is 184 g/mol. The average molecular weight is 184 g/mol. The summed E-state index contributed by atoms with van der Waals surface area (Å²) in [6, 6.07) is 0.0989. The van der Waals surface area contributed by atoms with Crippen LogP contribution in [0.25, 0.3) is 0 Å². The molecular weight excluding hydrogens is 164 g/mol. The number of nitrogens with one attached hydrogen (secondary N) is 1. The minimum Gasteiger partial charge on any atom is -0.344 e. The maximum atomic E-state index is 11.7. The SMILES string of the molecule is CCCCN(C)C(=O)[C@H]1CCCN1. The van der Waals surface area contributed by atoms with Crippen LogP contribution in [-0.2, 0) is 4.79 Å². The van der Waals surface area contributed by atoms with Gasteiger partial charge in [-0.25, -0.2) is 0 Å². The lowest BCUT2D eigenvalue weighted by Gasteiger charge is -2.20. The summed E-state index contributed by atoms with van der Waals surface area (Å²) < 4.78 is 0. The van der Waals surface area contributed by atoms with Gasteiger partial charge in [-0.2, -0.15) is 0 Å². The van der Waals surface area contributed by atoms with E-state index in [9.17, 15) is 4.79 Å². The van der Waals surface area contributed by atoms with Crippen molar-refractivity contribution in [2.45, 2.75) is 38.6 Å². The Morgan fingerprint density at radius 3 is 2.92 bits per heavy atom. The van der Waals surface area contributed by atoms with Crippen molar-refractivity contribution in [1.29, 1.82) is 0 Å². The zero-order chi connectivity index (χ0) is 9.68. The molecule has 0 aromatic heterocycles. The summed E-state index contributed by atoms with van der Waals surface area (Å²) in [5.74, 6) is 0.269. The normalized spacial score (nSPS) is 21.8. The topological polar surface area (TPSA) is 32.3 Å². The fraction of sp³-hybridized carbons (Fsp3) is 0.900. The van der Waals surface area contributed by atoms with Crippen molar-refractivity contribution in [3.63, 3.8) is 0 Å². The van der Waals surface area contributed by atoms with Crippen LogP contribution < -0.4 is 5.32 Å². The molecule has 0 bridgehead atoms. The Morgan fingerprint density at radius 1 is 1.62 bits per heavy atom. The summed E-state index contributed by atoms with van der Waals surface area (Å²) in [5, 5.41) is 3.22. The molecule has 1 atom stereocenters. The largest absolute Gasteiger partial charge is 0.344 e. The Labute approximate surface area is 80.5 Å². The predicted octanol–water partition coefficient (Wildman–Crippen LogP) is 0.997. The number of unbranched alkanes of at least 4 members (excludes halogenated alkanes) is 1. The summed E-state index contributed by atoms with van der Waals surface area (Å²) >= 11 is 0. The Morgan fingerprint density at radius 2 is 2.38 bits per heavy atom. The van der Waals surface area contributed by atoms with Crippen molar-refractivity contribution in [3.05, 3.63) is 0 Å². The smallest absolute Gasteiger partial charge is 0.239 e. The molecule has 0 saturated carbocycles. The van der Waals surface area contributed by atoms with Crippen LogP contribution in [-0.4, -0.2) is 37.0 Å². The molecule has 1 aliphatic rings. The second kappa shape index (κ2) is 5.22. The molecule has 1 amide bonds. The number of hydrogen-bond acceptors (Lipinski definition) is 2. The van der Waals surface area contributed by atoms with Crippen LogP contribution in [0, 0.1) is 0 Å². The fourth-order valence-electron chi connectivity index (χ4n) is 1.67. The van der Waals surface area contributed by atoms with E-state index in [-0.39, 0.29) is 11.9 Å². The van der Waals surface area contributed by atoms with Gasteiger partial charge in [0.1, 0.15) is 0 Å². The van der Waals surface area contributed by atoms with Crippen LogP contribution in [0.15, 0.2) is 0 Å². The molecule has 0 unspecified atom stereocenters. The lowest BCUT2D eigenvalue weighted by Crippen LogP contribution is -2.41. The van der Waals surface area contributed by atoms with Crippen LogP contribution in [0.4, 0.5) is 0 Å². The Kier molecular flexibility index (Phi) is 4.22. The van der Waals surface area contributed by atoms with E-state index in [0.29, 0.717) is 0 Å². The molecule has 3 heteroatoms. The van der Waals surface area contributed by atoms with Crippen molar-refractivity contribution >= 4 is 5.91 Å². The van der Waals surface area contributed by atoms with Crippen LogP contribution in [0.5, 0.6) is 0 Å². The van der Waals surface area contributed by atoms with Crippen molar-refractivity contribution < 1.29 is 4.79 Å². The molecule has 0 spiro atoms. The second-order valence-corrected chi connectivity index (χ2v) is 3.76. The van der Waals surface area contributed by atoms with Gasteiger partial charge >= 0.3 is 0 Å². The van der Waals surface area contributed by atoms with Gasteiger partial charge in [-0.3, -0.25) is 4.79 Å². The first-order valence-electron chi connectivity index (χ1n) is 5.24. The summed E-state index contributed by atoms with van der Waals surface area (Å²) in [6.07, 6.45) is 4.40. The number of nitrogens with zero attached hydrogens (tertiary/aromatic N) is 1. The molecule has 0 aliphatic carbocycles. The molecule has 0 aromatic carbocycles. The molecule has 0 radical (unpaired) electrons. The maximum Gasteiger partial charge on any atom is 0.239 e. The lowest BCUT2D eigenvalue weighted by atomic mass is 10.2. The van der Waals surface area contributed by atoms with Gasteiger partial charge in [0, 0.05) is 13.6 Å². The van der Waals surface area contributed by atoms with E-state index >= 15 is 0 Å². The zero-order valence-electron chi connectivity index (χ0n) is 8.68. The third-order valence-electron chi connectivity index (χ3n) is 2.58. The van der Waals surface area contributed by atoms with Crippen molar-refractivity contribution in [2.24, 2.45) is 0 Å². The highest BCUT2D eigenvalue weighted by atomic mass is 16.2. The van der Waals surface area contributed by atoms with Gasteiger partial charge in [0.25, 0.3) is 0 Å². The first-order valence-corrected chi connectivity index (χ1v) is 5.24. The molecule has 1 N–H and O–H groups in total. The molecule has 1 heterocycles. The average Bonchev–Trinajstić information content (AvgIpc) is 2.65. The van der Waals surface area contributed by atoms with Gasteiger partial charge in [-0.05, 0) is 25.8 Å². The molecule has 3 nitrogen and oxygen atoms in total. The van der Waals surface area contributed by atoms with Crippen LogP contribution >= 0.6 is 0 Å². The van der Waals surface area contributed by atoms with Crippen LogP contribution in [0.1, 0.15) is 32.6 Å². The number of hydrogen-bond donors (Lipinski definition) is 1. The number of rotatable bonds is 4. The molecule has 0 aromatic rings. The van der Waals surface area contributed by atoms with Crippen LogP contribution in [0.2, 0.25) is 0 Å². The lowest BCUT2D eigenvalue weighted by molar-refractivity contribution is -0.131. The quantitative estimate of drug-likeness (QED) is 0.707. The maximum absolute atomic E-state index is 11.7. The Hall–Kier alpha value is -0.570.